The molecule has 12 heteroatoms. The molecule has 0 heterocycles. The third-order valence-electron chi connectivity index (χ3n) is 6.36. The molecular weight excluding hydrogens is 677 g/mol. The van der Waals surface area contributed by atoms with Gasteiger partial charge in [-0.2, -0.15) is 0 Å². The number of nitrogens with one attached hydrogen (secondary N) is 1. The second-order valence-electron chi connectivity index (χ2n) is 10.8. The minimum atomic E-state index is -4.21. The summed E-state index contributed by atoms with van der Waals surface area (Å²) in [7, 11) is -4.21. The number of carbonyl (C=O) groups excluding carboxylic acids is 2. The van der Waals surface area contributed by atoms with Gasteiger partial charge in [0.2, 0.25) is 11.8 Å². The second kappa shape index (κ2) is 14.8. The molecule has 0 saturated heterocycles. The lowest BCUT2D eigenvalue weighted by Crippen LogP contribution is -2.55. The molecule has 43 heavy (non-hydrogen) atoms. The van der Waals surface area contributed by atoms with Crippen LogP contribution in [0.3, 0.4) is 0 Å². The van der Waals surface area contributed by atoms with Gasteiger partial charge in [0, 0.05) is 26.6 Å². The standard InChI is InChI=1S/C31H36BrCl2N3O5S/c1-6-28(30(39)35-31(3,4)5)36(19-21-8-11-23(33)18-27(21)34)29(38)20-37(24-12-14-25(15-13-24)42-7-2)43(40,41)26-16-9-22(32)10-17-26/h8-18,28H,6-7,19-20H2,1-5H3,(H,35,39)/t28-/m0/s1. The van der Waals surface area contributed by atoms with E-state index in [1.54, 1.807) is 61.5 Å². The molecule has 0 spiro atoms. The monoisotopic (exact) mass is 711 g/mol. The zero-order valence-electron chi connectivity index (χ0n) is 24.7. The van der Waals surface area contributed by atoms with Crippen molar-refractivity contribution in [2.24, 2.45) is 0 Å². The lowest BCUT2D eigenvalue weighted by Gasteiger charge is -2.35. The Kier molecular flexibility index (Phi) is 11.9. The molecule has 0 bridgehead atoms. The van der Waals surface area contributed by atoms with E-state index in [4.69, 9.17) is 27.9 Å². The summed E-state index contributed by atoms with van der Waals surface area (Å²) >= 11 is 15.9. The van der Waals surface area contributed by atoms with Crippen molar-refractivity contribution in [3.05, 3.63) is 86.8 Å². The van der Waals surface area contributed by atoms with E-state index in [9.17, 15) is 18.0 Å². The van der Waals surface area contributed by atoms with Crippen molar-refractivity contribution < 1.29 is 22.7 Å². The van der Waals surface area contributed by atoms with Gasteiger partial charge in [0.05, 0.1) is 17.2 Å². The first-order valence-electron chi connectivity index (χ1n) is 13.7. The highest BCUT2D eigenvalue weighted by molar-refractivity contribution is 9.10. The number of benzene rings is 3. The normalized spacial score (nSPS) is 12.4. The van der Waals surface area contributed by atoms with Crippen molar-refractivity contribution >= 4 is 66.7 Å². The van der Waals surface area contributed by atoms with Gasteiger partial charge in [-0.3, -0.25) is 13.9 Å². The SMILES string of the molecule is CCOc1ccc(N(CC(=O)N(Cc2ccc(Cl)cc2Cl)[C@@H](CC)C(=O)NC(C)(C)C)S(=O)(=O)c2ccc(Br)cc2)cc1. The fourth-order valence-electron chi connectivity index (χ4n) is 4.34. The van der Waals surface area contributed by atoms with Gasteiger partial charge in [-0.15, -0.1) is 0 Å². The average Bonchev–Trinajstić information content (AvgIpc) is 2.92. The highest BCUT2D eigenvalue weighted by Crippen LogP contribution is 2.29. The summed E-state index contributed by atoms with van der Waals surface area (Å²) < 4.78 is 35.3. The van der Waals surface area contributed by atoms with Gasteiger partial charge in [-0.25, -0.2) is 8.42 Å². The molecule has 3 rings (SSSR count). The molecule has 0 unspecified atom stereocenters. The molecule has 0 aromatic heterocycles. The Labute approximate surface area is 272 Å². The number of hydrogen-bond donors (Lipinski definition) is 1. The fourth-order valence-corrected chi connectivity index (χ4v) is 6.49. The van der Waals surface area contributed by atoms with Gasteiger partial charge in [-0.1, -0.05) is 52.1 Å². The van der Waals surface area contributed by atoms with Gasteiger partial charge in [-0.05, 0) is 100 Å². The summed E-state index contributed by atoms with van der Waals surface area (Å²) in [6.45, 7) is 9.00. The smallest absolute Gasteiger partial charge is 0.264 e. The largest absolute Gasteiger partial charge is 0.494 e. The van der Waals surface area contributed by atoms with Crippen LogP contribution < -0.4 is 14.4 Å². The molecule has 0 aliphatic rings. The van der Waals surface area contributed by atoms with E-state index in [-0.39, 0.29) is 29.5 Å². The maximum atomic E-state index is 14.2. The third kappa shape index (κ3) is 9.35. The summed E-state index contributed by atoms with van der Waals surface area (Å²) in [5, 5.41) is 3.69. The summed E-state index contributed by atoms with van der Waals surface area (Å²) in [5.41, 5.74) is 0.261. The fraction of sp³-hybridized carbons (Fsp3) is 0.355. The number of rotatable bonds is 12. The highest BCUT2D eigenvalue weighted by atomic mass is 79.9. The van der Waals surface area contributed by atoms with Crippen LogP contribution in [0.4, 0.5) is 5.69 Å². The number of halogens is 3. The quantitative estimate of drug-likeness (QED) is 0.217. The molecule has 8 nitrogen and oxygen atoms in total. The lowest BCUT2D eigenvalue weighted by molar-refractivity contribution is -0.141. The molecule has 0 radical (unpaired) electrons. The van der Waals surface area contributed by atoms with Crippen LogP contribution in [0.5, 0.6) is 5.75 Å². The summed E-state index contributed by atoms with van der Waals surface area (Å²) in [6, 6.07) is 16.6. The number of hydrogen-bond acceptors (Lipinski definition) is 5. The minimum absolute atomic E-state index is 0.00203. The highest BCUT2D eigenvalue weighted by Gasteiger charge is 2.35. The minimum Gasteiger partial charge on any atom is -0.494 e. The summed E-state index contributed by atoms with van der Waals surface area (Å²) in [4.78, 5) is 29.1. The number of anilines is 1. The van der Waals surface area contributed by atoms with Crippen molar-refractivity contribution in [1.82, 2.24) is 10.2 Å². The molecule has 232 valence electrons. The first-order chi connectivity index (χ1) is 20.2. The van der Waals surface area contributed by atoms with Crippen molar-refractivity contribution in [2.75, 3.05) is 17.5 Å². The van der Waals surface area contributed by atoms with Gasteiger partial charge >= 0.3 is 0 Å². The van der Waals surface area contributed by atoms with Crippen molar-refractivity contribution in [3.8, 4) is 5.75 Å². The maximum absolute atomic E-state index is 14.2. The Morgan fingerprint density at radius 1 is 0.977 bits per heavy atom. The second-order valence-corrected chi connectivity index (χ2v) is 14.4. The molecule has 1 atom stereocenters. The van der Waals surface area contributed by atoms with Crippen LogP contribution in [0.1, 0.15) is 46.6 Å². The summed E-state index contributed by atoms with van der Waals surface area (Å²) in [6.07, 6.45) is 0.279. The van der Waals surface area contributed by atoms with Crippen molar-refractivity contribution in [2.45, 2.75) is 64.1 Å². The topological polar surface area (TPSA) is 96.0 Å². The number of amides is 2. The zero-order chi connectivity index (χ0) is 31.9. The number of ether oxygens (including phenoxy) is 1. The van der Waals surface area contributed by atoms with E-state index in [2.05, 4.69) is 21.2 Å². The zero-order valence-corrected chi connectivity index (χ0v) is 28.6. The van der Waals surface area contributed by atoms with E-state index >= 15 is 0 Å². The number of sulfonamides is 1. The van der Waals surface area contributed by atoms with E-state index in [0.717, 1.165) is 4.31 Å². The van der Waals surface area contributed by atoms with Crippen molar-refractivity contribution in [1.29, 1.82) is 0 Å². The molecular formula is C31H36BrCl2N3O5S. The molecule has 0 saturated carbocycles. The Morgan fingerprint density at radius 3 is 2.14 bits per heavy atom. The average molecular weight is 714 g/mol. The predicted octanol–water partition coefficient (Wildman–Crippen LogP) is 7.07. The molecule has 2 amide bonds. The Bertz CT molecular complexity index is 1530. The molecule has 3 aromatic carbocycles. The van der Waals surface area contributed by atoms with Gasteiger partial charge in [0.25, 0.3) is 10.0 Å². The van der Waals surface area contributed by atoms with Gasteiger partial charge in [0.15, 0.2) is 0 Å². The van der Waals surface area contributed by atoms with Crippen LogP contribution >= 0.6 is 39.1 Å². The number of carbonyl (C=O) groups is 2. The molecule has 1 N–H and O–H groups in total. The Hall–Kier alpha value is -2.79. The predicted molar refractivity (Wildman–Crippen MR) is 175 cm³/mol. The molecule has 0 fully saturated rings. The molecule has 0 aliphatic heterocycles. The summed E-state index contributed by atoms with van der Waals surface area (Å²) in [5.74, 6) is -0.393. The van der Waals surface area contributed by atoms with E-state index in [1.807, 2.05) is 27.7 Å². The maximum Gasteiger partial charge on any atom is 0.264 e. The third-order valence-corrected chi connectivity index (χ3v) is 9.26. The van der Waals surface area contributed by atoms with Crippen LogP contribution in [0.2, 0.25) is 10.0 Å². The first-order valence-corrected chi connectivity index (χ1v) is 16.7. The van der Waals surface area contributed by atoms with Crippen LogP contribution in [-0.2, 0) is 26.2 Å². The van der Waals surface area contributed by atoms with E-state index in [1.165, 1.54) is 17.0 Å². The van der Waals surface area contributed by atoms with E-state index in [0.29, 0.717) is 32.4 Å². The van der Waals surface area contributed by atoms with Crippen molar-refractivity contribution in [3.63, 3.8) is 0 Å². The molecule has 0 aliphatic carbocycles. The first kappa shape index (κ1) is 34.7. The van der Waals surface area contributed by atoms with E-state index < -0.39 is 34.1 Å². The van der Waals surface area contributed by atoms with Crippen LogP contribution in [0.15, 0.2) is 76.1 Å². The van der Waals surface area contributed by atoms with Crippen LogP contribution in [0, 0.1) is 0 Å². The Balaban J connectivity index is 2.10. The molecule has 3 aromatic rings. The van der Waals surface area contributed by atoms with Gasteiger partial charge < -0.3 is 15.0 Å². The van der Waals surface area contributed by atoms with Crippen LogP contribution in [0.25, 0.3) is 0 Å². The number of nitrogens with zero attached hydrogens (tertiary/aromatic N) is 2. The Morgan fingerprint density at radius 2 is 1.60 bits per heavy atom. The van der Waals surface area contributed by atoms with Gasteiger partial charge in [0.1, 0.15) is 18.3 Å². The van der Waals surface area contributed by atoms with Crippen LogP contribution in [-0.4, -0.2) is 49.9 Å². The lowest BCUT2D eigenvalue weighted by atomic mass is 10.1.